The first-order valence-electron chi connectivity index (χ1n) is 9.51. The summed E-state index contributed by atoms with van der Waals surface area (Å²) in [6, 6.07) is 25.2. The predicted octanol–water partition coefficient (Wildman–Crippen LogP) is 4.60. The lowest BCUT2D eigenvalue weighted by Gasteiger charge is -2.14. The summed E-state index contributed by atoms with van der Waals surface area (Å²) in [5.74, 6) is 2.65. The van der Waals surface area contributed by atoms with E-state index in [1.165, 1.54) is 11.3 Å². The molecule has 0 unspecified atom stereocenters. The number of hydrogen-bond donors (Lipinski definition) is 0. The molecule has 1 aromatic heterocycles. The molecule has 0 aliphatic heterocycles. The SMILES string of the molecule is C#CCn1c(=NC(=O)C(c2ccccc2)c2ccccc2)sc2cccc(OC)c21. The van der Waals surface area contributed by atoms with Crippen LogP contribution in [0.3, 0.4) is 0 Å². The molecule has 0 atom stereocenters. The third-order valence-electron chi connectivity index (χ3n) is 4.85. The highest BCUT2D eigenvalue weighted by Gasteiger charge is 2.23. The molecule has 30 heavy (non-hydrogen) atoms. The number of carbonyl (C=O) groups is 1. The van der Waals surface area contributed by atoms with E-state index in [0.29, 0.717) is 17.1 Å². The van der Waals surface area contributed by atoms with Crippen molar-refractivity contribution in [3.63, 3.8) is 0 Å². The molecule has 1 heterocycles. The van der Waals surface area contributed by atoms with Gasteiger partial charge in [-0.05, 0) is 23.3 Å². The number of amides is 1. The Morgan fingerprint density at radius 1 is 1.03 bits per heavy atom. The Morgan fingerprint density at radius 3 is 2.23 bits per heavy atom. The number of terminal acetylenes is 1. The van der Waals surface area contributed by atoms with E-state index in [1.54, 1.807) is 7.11 Å². The minimum Gasteiger partial charge on any atom is -0.495 e. The molecule has 148 valence electrons. The normalized spacial score (nSPS) is 11.6. The van der Waals surface area contributed by atoms with Crippen LogP contribution in [-0.4, -0.2) is 17.6 Å². The third-order valence-corrected chi connectivity index (χ3v) is 5.90. The van der Waals surface area contributed by atoms with Gasteiger partial charge in [-0.3, -0.25) is 4.79 Å². The van der Waals surface area contributed by atoms with Crippen LogP contribution in [0, 0.1) is 12.3 Å². The van der Waals surface area contributed by atoms with Crippen LogP contribution in [0.2, 0.25) is 0 Å². The fraction of sp³-hybridized carbons (Fsp3) is 0.120. The lowest BCUT2D eigenvalue weighted by atomic mass is 9.91. The maximum atomic E-state index is 13.4. The van der Waals surface area contributed by atoms with Crippen LogP contribution >= 0.6 is 11.3 Å². The second kappa shape index (κ2) is 8.81. The largest absolute Gasteiger partial charge is 0.495 e. The fourth-order valence-corrected chi connectivity index (χ4v) is 4.57. The van der Waals surface area contributed by atoms with Crippen LogP contribution in [0.1, 0.15) is 17.0 Å². The number of fused-ring (bicyclic) bond motifs is 1. The van der Waals surface area contributed by atoms with Gasteiger partial charge in [0.15, 0.2) is 4.80 Å². The van der Waals surface area contributed by atoms with Crippen LogP contribution in [0.15, 0.2) is 83.9 Å². The Hall–Kier alpha value is -3.62. The van der Waals surface area contributed by atoms with Crippen molar-refractivity contribution in [1.29, 1.82) is 0 Å². The van der Waals surface area contributed by atoms with Gasteiger partial charge in [-0.2, -0.15) is 4.99 Å². The minimum atomic E-state index is -0.487. The third kappa shape index (κ3) is 3.78. The Bertz CT molecular complexity index is 1240. The van der Waals surface area contributed by atoms with Crippen LogP contribution in [0.4, 0.5) is 0 Å². The molecule has 0 N–H and O–H groups in total. The summed E-state index contributed by atoms with van der Waals surface area (Å²) in [5, 5.41) is 0. The Kier molecular flexibility index (Phi) is 5.78. The highest BCUT2D eigenvalue weighted by molar-refractivity contribution is 7.16. The summed E-state index contributed by atoms with van der Waals surface area (Å²) < 4.78 is 8.34. The topological polar surface area (TPSA) is 43.6 Å². The van der Waals surface area contributed by atoms with Crippen LogP contribution in [0.25, 0.3) is 10.2 Å². The summed E-state index contributed by atoms with van der Waals surface area (Å²) in [6.45, 7) is 0.299. The molecular formula is C25H20N2O2S. The van der Waals surface area contributed by atoms with Gasteiger partial charge in [0, 0.05) is 0 Å². The van der Waals surface area contributed by atoms with E-state index in [1.807, 2.05) is 83.4 Å². The number of carbonyl (C=O) groups excluding carboxylic acids is 1. The standard InChI is InChI=1S/C25H20N2O2S/c1-3-17-27-23-20(29-2)15-10-16-21(23)30-25(27)26-24(28)22(18-11-6-4-7-12-18)19-13-8-5-9-14-19/h1,4-16,22H,17H2,2H3. The Balaban J connectivity index is 1.89. The van der Waals surface area contributed by atoms with Gasteiger partial charge in [0.05, 0.1) is 24.3 Å². The van der Waals surface area contributed by atoms with E-state index < -0.39 is 5.92 Å². The lowest BCUT2D eigenvalue weighted by Crippen LogP contribution is -2.20. The highest BCUT2D eigenvalue weighted by atomic mass is 32.1. The van der Waals surface area contributed by atoms with E-state index >= 15 is 0 Å². The van der Waals surface area contributed by atoms with E-state index in [4.69, 9.17) is 11.2 Å². The zero-order chi connectivity index (χ0) is 20.9. The number of hydrogen-bond acceptors (Lipinski definition) is 3. The quantitative estimate of drug-likeness (QED) is 0.450. The number of methoxy groups -OCH3 is 1. The van der Waals surface area contributed by atoms with Crippen molar-refractivity contribution in [2.45, 2.75) is 12.5 Å². The van der Waals surface area contributed by atoms with Gasteiger partial charge in [0.1, 0.15) is 11.3 Å². The average Bonchev–Trinajstić information content (AvgIpc) is 3.13. The number of benzene rings is 3. The van der Waals surface area contributed by atoms with Gasteiger partial charge >= 0.3 is 0 Å². The smallest absolute Gasteiger partial charge is 0.260 e. The van der Waals surface area contributed by atoms with Crippen molar-refractivity contribution in [3.05, 3.63) is 94.8 Å². The van der Waals surface area contributed by atoms with E-state index in [2.05, 4.69) is 10.9 Å². The van der Waals surface area contributed by atoms with Crippen molar-refractivity contribution < 1.29 is 9.53 Å². The zero-order valence-electron chi connectivity index (χ0n) is 16.5. The van der Waals surface area contributed by atoms with Crippen molar-refractivity contribution in [3.8, 4) is 18.1 Å². The number of nitrogens with zero attached hydrogens (tertiary/aromatic N) is 2. The van der Waals surface area contributed by atoms with Gasteiger partial charge in [-0.15, -0.1) is 6.42 Å². The van der Waals surface area contributed by atoms with Crippen molar-refractivity contribution >= 4 is 27.5 Å². The maximum absolute atomic E-state index is 13.4. The molecular weight excluding hydrogens is 392 g/mol. The second-order valence-corrected chi connectivity index (χ2v) is 7.70. The van der Waals surface area contributed by atoms with E-state index in [0.717, 1.165) is 21.3 Å². The van der Waals surface area contributed by atoms with Gasteiger partial charge in [0.25, 0.3) is 5.91 Å². The monoisotopic (exact) mass is 412 g/mol. The first kappa shape index (κ1) is 19.7. The van der Waals surface area contributed by atoms with Crippen LogP contribution in [-0.2, 0) is 11.3 Å². The highest BCUT2D eigenvalue weighted by Crippen LogP contribution is 2.28. The molecule has 0 aliphatic carbocycles. The van der Waals surface area contributed by atoms with Crippen molar-refractivity contribution in [1.82, 2.24) is 4.57 Å². The molecule has 3 aromatic carbocycles. The summed E-state index contributed by atoms with van der Waals surface area (Å²) in [4.78, 5) is 18.5. The molecule has 5 heteroatoms. The number of rotatable bonds is 5. The van der Waals surface area contributed by atoms with Crippen LogP contribution < -0.4 is 9.54 Å². The molecule has 0 aliphatic rings. The molecule has 0 bridgehead atoms. The molecule has 0 spiro atoms. The molecule has 4 nitrogen and oxygen atoms in total. The summed E-state index contributed by atoms with van der Waals surface area (Å²) >= 11 is 1.43. The zero-order valence-corrected chi connectivity index (χ0v) is 17.3. The molecule has 0 radical (unpaired) electrons. The first-order chi connectivity index (χ1) is 14.7. The molecule has 1 amide bonds. The summed E-state index contributed by atoms with van der Waals surface area (Å²) in [7, 11) is 1.62. The van der Waals surface area contributed by atoms with Gasteiger partial charge in [-0.25, -0.2) is 0 Å². The predicted molar refractivity (Wildman–Crippen MR) is 120 cm³/mol. The van der Waals surface area contributed by atoms with E-state index in [-0.39, 0.29) is 5.91 Å². The maximum Gasteiger partial charge on any atom is 0.260 e. The number of para-hydroxylation sites is 1. The summed E-state index contributed by atoms with van der Waals surface area (Å²) in [5.41, 5.74) is 2.66. The number of thiazole rings is 1. The van der Waals surface area contributed by atoms with Crippen molar-refractivity contribution in [2.75, 3.05) is 7.11 Å². The molecule has 0 fully saturated rings. The number of aromatic nitrogens is 1. The lowest BCUT2D eigenvalue weighted by molar-refractivity contribution is -0.118. The van der Waals surface area contributed by atoms with E-state index in [9.17, 15) is 4.79 Å². The van der Waals surface area contributed by atoms with Crippen LogP contribution in [0.5, 0.6) is 5.75 Å². The second-order valence-electron chi connectivity index (χ2n) is 6.69. The number of ether oxygens (including phenoxy) is 1. The first-order valence-corrected chi connectivity index (χ1v) is 10.3. The van der Waals surface area contributed by atoms with Crippen molar-refractivity contribution in [2.24, 2.45) is 4.99 Å². The van der Waals surface area contributed by atoms with Gasteiger partial charge < -0.3 is 9.30 Å². The Labute approximate surface area is 179 Å². The van der Waals surface area contributed by atoms with Gasteiger partial charge in [-0.1, -0.05) is 84.0 Å². The molecule has 0 saturated carbocycles. The Morgan fingerprint density at radius 2 is 1.67 bits per heavy atom. The van der Waals surface area contributed by atoms with Gasteiger partial charge in [0.2, 0.25) is 0 Å². The minimum absolute atomic E-state index is 0.233. The fourth-order valence-electron chi connectivity index (χ4n) is 3.51. The molecule has 4 aromatic rings. The average molecular weight is 413 g/mol. The summed E-state index contributed by atoms with van der Waals surface area (Å²) in [6.07, 6.45) is 5.61. The molecule has 0 saturated heterocycles. The molecule has 4 rings (SSSR count).